The lowest BCUT2D eigenvalue weighted by Gasteiger charge is -2.11. The number of imidazole rings is 1. The van der Waals surface area contributed by atoms with Crippen molar-refractivity contribution in [2.24, 2.45) is 0 Å². The number of hydrogen-bond acceptors (Lipinski definition) is 3. The van der Waals surface area contributed by atoms with Gasteiger partial charge in [-0.3, -0.25) is 0 Å². The number of anilines is 1. The maximum Gasteiger partial charge on any atom is 0.0950 e. The van der Waals surface area contributed by atoms with Gasteiger partial charge in [0.25, 0.3) is 0 Å². The summed E-state index contributed by atoms with van der Waals surface area (Å²) in [6.45, 7) is 4.32. The van der Waals surface area contributed by atoms with Gasteiger partial charge in [-0.1, -0.05) is 12.1 Å². The molecular weight excluding hydrogens is 230 g/mol. The Morgan fingerprint density at radius 2 is 2.12 bits per heavy atom. The minimum atomic E-state index is 0.446. The molecule has 0 fully saturated rings. The van der Waals surface area contributed by atoms with E-state index in [4.69, 9.17) is 5.73 Å². The summed E-state index contributed by atoms with van der Waals surface area (Å²) in [4.78, 5) is 5.33. The Kier molecular flexibility index (Phi) is 3.74. The monoisotopic (exact) mass is 247 g/mol. The van der Waals surface area contributed by atoms with E-state index < -0.39 is 0 Å². The maximum absolute atomic E-state index is 5.91. The Bertz CT molecular complexity index is 491. The van der Waals surface area contributed by atoms with E-state index in [2.05, 4.69) is 29.5 Å². The van der Waals surface area contributed by atoms with Gasteiger partial charge in [0.2, 0.25) is 0 Å². The maximum atomic E-state index is 5.91. The zero-order chi connectivity index (χ0) is 12.3. The Morgan fingerprint density at radius 1 is 1.35 bits per heavy atom. The fourth-order valence-electron chi connectivity index (χ4n) is 1.67. The molecule has 0 spiro atoms. The van der Waals surface area contributed by atoms with Crippen molar-refractivity contribution in [1.82, 2.24) is 9.55 Å². The lowest BCUT2D eigenvalue weighted by molar-refractivity contribution is 0.584. The van der Waals surface area contributed by atoms with Crippen LogP contribution < -0.4 is 5.73 Å². The summed E-state index contributed by atoms with van der Waals surface area (Å²) >= 11 is 1.75. The minimum absolute atomic E-state index is 0.446. The number of nitrogens with zero attached hydrogens (tertiary/aromatic N) is 2. The van der Waals surface area contributed by atoms with Crippen molar-refractivity contribution in [3.63, 3.8) is 0 Å². The highest BCUT2D eigenvalue weighted by Crippen LogP contribution is 2.28. The van der Waals surface area contributed by atoms with E-state index >= 15 is 0 Å². The molecule has 4 heteroatoms. The zero-order valence-electron chi connectivity index (χ0n) is 10.1. The highest BCUT2D eigenvalue weighted by molar-refractivity contribution is 7.98. The molecule has 90 valence electrons. The van der Waals surface area contributed by atoms with Crippen molar-refractivity contribution in [3.8, 4) is 0 Å². The number of rotatable bonds is 4. The Labute approximate surface area is 106 Å². The van der Waals surface area contributed by atoms with Gasteiger partial charge in [0.15, 0.2) is 0 Å². The van der Waals surface area contributed by atoms with Crippen LogP contribution in [0.1, 0.15) is 25.6 Å². The van der Waals surface area contributed by atoms with Crippen LogP contribution in [0.5, 0.6) is 0 Å². The number of nitrogens with two attached hydrogens (primary N) is 1. The van der Waals surface area contributed by atoms with Gasteiger partial charge < -0.3 is 10.3 Å². The minimum Gasteiger partial charge on any atom is -0.398 e. The van der Waals surface area contributed by atoms with Crippen LogP contribution in [0, 0.1) is 0 Å². The Hall–Kier alpha value is -1.42. The molecule has 3 nitrogen and oxygen atoms in total. The van der Waals surface area contributed by atoms with E-state index in [1.54, 1.807) is 11.8 Å². The van der Waals surface area contributed by atoms with Crippen LogP contribution in [0.25, 0.3) is 0 Å². The zero-order valence-corrected chi connectivity index (χ0v) is 10.9. The predicted molar refractivity (Wildman–Crippen MR) is 73.0 cm³/mol. The van der Waals surface area contributed by atoms with Crippen LogP contribution in [0.3, 0.4) is 0 Å². The number of benzene rings is 1. The number of aromatic nitrogens is 2. The van der Waals surface area contributed by atoms with Crippen LogP contribution >= 0.6 is 11.8 Å². The summed E-state index contributed by atoms with van der Waals surface area (Å²) in [6, 6.07) is 8.40. The second kappa shape index (κ2) is 5.27. The highest BCUT2D eigenvalue weighted by Gasteiger charge is 2.06. The molecule has 0 saturated heterocycles. The number of hydrogen-bond donors (Lipinski definition) is 1. The second-order valence-corrected chi connectivity index (χ2v) is 5.23. The van der Waals surface area contributed by atoms with E-state index in [1.165, 1.54) is 5.69 Å². The van der Waals surface area contributed by atoms with Crippen molar-refractivity contribution in [2.45, 2.75) is 30.5 Å². The molecule has 0 saturated carbocycles. The third-order valence-electron chi connectivity index (χ3n) is 2.60. The molecule has 1 aromatic carbocycles. The summed E-state index contributed by atoms with van der Waals surface area (Å²) < 4.78 is 2.19. The van der Waals surface area contributed by atoms with Gasteiger partial charge in [-0.2, -0.15) is 0 Å². The molecule has 1 heterocycles. The molecular formula is C13H17N3S. The van der Waals surface area contributed by atoms with E-state index in [-0.39, 0.29) is 0 Å². The number of para-hydroxylation sites is 1. The topological polar surface area (TPSA) is 43.8 Å². The molecule has 2 aromatic rings. The first-order chi connectivity index (χ1) is 8.18. The molecule has 0 amide bonds. The van der Waals surface area contributed by atoms with Crippen molar-refractivity contribution >= 4 is 17.4 Å². The molecule has 0 aliphatic rings. The first kappa shape index (κ1) is 12.0. The molecule has 2 rings (SSSR count). The van der Waals surface area contributed by atoms with Crippen LogP contribution in [0.15, 0.2) is 41.7 Å². The summed E-state index contributed by atoms with van der Waals surface area (Å²) in [5.74, 6) is 0.895. The first-order valence-corrected chi connectivity index (χ1v) is 6.65. The van der Waals surface area contributed by atoms with Gasteiger partial charge in [-0.15, -0.1) is 11.8 Å². The molecule has 0 unspecified atom stereocenters. The van der Waals surface area contributed by atoms with Gasteiger partial charge in [-0.05, 0) is 26.0 Å². The number of thioether (sulfide) groups is 1. The normalized spacial score (nSPS) is 11.0. The van der Waals surface area contributed by atoms with E-state index in [0.29, 0.717) is 6.04 Å². The van der Waals surface area contributed by atoms with Crippen molar-refractivity contribution in [3.05, 3.63) is 42.5 Å². The molecule has 17 heavy (non-hydrogen) atoms. The quantitative estimate of drug-likeness (QED) is 0.665. The molecule has 1 aromatic heterocycles. The number of nitrogen functional groups attached to an aromatic ring is 1. The first-order valence-electron chi connectivity index (χ1n) is 5.66. The van der Waals surface area contributed by atoms with Crippen molar-refractivity contribution in [1.29, 1.82) is 0 Å². The van der Waals surface area contributed by atoms with Gasteiger partial charge in [0.05, 0.1) is 6.33 Å². The molecule has 0 atom stereocenters. The Balaban J connectivity index is 2.08. The van der Waals surface area contributed by atoms with Crippen molar-refractivity contribution in [2.75, 3.05) is 5.73 Å². The Morgan fingerprint density at radius 3 is 2.82 bits per heavy atom. The lowest BCUT2D eigenvalue weighted by Crippen LogP contribution is -2.03. The van der Waals surface area contributed by atoms with Gasteiger partial charge in [0.1, 0.15) is 0 Å². The molecule has 0 radical (unpaired) electrons. The van der Waals surface area contributed by atoms with Gasteiger partial charge in [-0.25, -0.2) is 4.98 Å². The van der Waals surface area contributed by atoms with E-state index in [1.807, 2.05) is 30.7 Å². The standard InChI is InChI=1S/C13H17N3S/c1-10(2)16-9-15-7-11(16)8-17-13-6-4-3-5-12(13)14/h3-7,9-10H,8,14H2,1-2H3. The summed E-state index contributed by atoms with van der Waals surface area (Å²) in [5.41, 5.74) is 7.99. The fourth-order valence-corrected chi connectivity index (χ4v) is 2.61. The summed E-state index contributed by atoms with van der Waals surface area (Å²) in [6.07, 6.45) is 3.81. The van der Waals surface area contributed by atoms with Crippen LogP contribution in [0.2, 0.25) is 0 Å². The second-order valence-electron chi connectivity index (χ2n) is 4.21. The molecule has 0 bridgehead atoms. The lowest BCUT2D eigenvalue weighted by atomic mass is 10.3. The molecule has 0 aliphatic heterocycles. The van der Waals surface area contributed by atoms with Crippen LogP contribution in [-0.2, 0) is 5.75 Å². The van der Waals surface area contributed by atoms with E-state index in [9.17, 15) is 0 Å². The highest BCUT2D eigenvalue weighted by atomic mass is 32.2. The molecule has 0 aliphatic carbocycles. The van der Waals surface area contributed by atoms with Crippen LogP contribution in [0.4, 0.5) is 5.69 Å². The smallest absolute Gasteiger partial charge is 0.0950 e. The fraction of sp³-hybridized carbons (Fsp3) is 0.308. The van der Waals surface area contributed by atoms with Crippen LogP contribution in [-0.4, -0.2) is 9.55 Å². The largest absolute Gasteiger partial charge is 0.398 e. The molecule has 2 N–H and O–H groups in total. The third-order valence-corrected chi connectivity index (χ3v) is 3.72. The van der Waals surface area contributed by atoms with Crippen molar-refractivity contribution < 1.29 is 0 Å². The van der Waals surface area contributed by atoms with Gasteiger partial charge in [0, 0.05) is 34.3 Å². The summed E-state index contributed by atoms with van der Waals surface area (Å²) in [7, 11) is 0. The summed E-state index contributed by atoms with van der Waals surface area (Å²) in [5, 5.41) is 0. The average molecular weight is 247 g/mol. The third kappa shape index (κ3) is 2.82. The predicted octanol–water partition coefficient (Wildman–Crippen LogP) is 3.34. The van der Waals surface area contributed by atoms with Gasteiger partial charge >= 0.3 is 0 Å². The SMILES string of the molecule is CC(C)n1cncc1CSc1ccccc1N. The average Bonchev–Trinajstić information content (AvgIpc) is 2.76. The van der Waals surface area contributed by atoms with E-state index in [0.717, 1.165) is 16.3 Å².